The van der Waals surface area contributed by atoms with Gasteiger partial charge < -0.3 is 0 Å². The molecule has 0 atom stereocenters. The fraction of sp³-hybridized carbons (Fsp3) is 0.300. The van der Waals surface area contributed by atoms with Crippen LogP contribution in [0.25, 0.3) is 0 Å². The van der Waals surface area contributed by atoms with E-state index in [1.54, 1.807) is 24.4 Å². The van der Waals surface area contributed by atoms with E-state index in [0.29, 0.717) is 11.3 Å². The van der Waals surface area contributed by atoms with Crippen molar-refractivity contribution >= 4 is 43.5 Å². The van der Waals surface area contributed by atoms with Crippen LogP contribution in [0.5, 0.6) is 0 Å². The molecule has 1 N–H and O–H groups in total. The molecule has 0 saturated heterocycles. The third-order valence-electron chi connectivity index (χ3n) is 2.11. The van der Waals surface area contributed by atoms with Gasteiger partial charge in [-0.1, -0.05) is 24.3 Å². The summed E-state index contributed by atoms with van der Waals surface area (Å²) in [6.45, 7) is 1.78. The highest BCUT2D eigenvalue weighted by atomic mass is 32.2. The van der Waals surface area contributed by atoms with Crippen molar-refractivity contribution in [3.8, 4) is 0 Å². The van der Waals surface area contributed by atoms with Gasteiger partial charge in [-0.05, 0) is 17.9 Å². The van der Waals surface area contributed by atoms with Crippen LogP contribution in [0.1, 0.15) is 23.0 Å². The molecule has 0 bridgehead atoms. The minimum Gasteiger partial charge on any atom is -0.296 e. The summed E-state index contributed by atoms with van der Waals surface area (Å²) in [6.07, 6.45) is 0.513. The Hall–Kier alpha value is -1.32. The SMILES string of the molecule is CCCS(=O)(=O)c1nnc(NC(=O)c2cccs2)s1. The Kier molecular flexibility index (Phi) is 4.27. The van der Waals surface area contributed by atoms with E-state index in [4.69, 9.17) is 0 Å². The lowest BCUT2D eigenvalue weighted by molar-refractivity contribution is 0.103. The first-order valence-electron chi connectivity index (χ1n) is 5.44. The van der Waals surface area contributed by atoms with Crippen molar-refractivity contribution in [2.75, 3.05) is 11.1 Å². The van der Waals surface area contributed by atoms with Crippen molar-refractivity contribution in [3.63, 3.8) is 0 Å². The molecule has 102 valence electrons. The molecular weight excluding hydrogens is 306 g/mol. The molecule has 0 saturated carbocycles. The minimum absolute atomic E-state index is 0.0283. The van der Waals surface area contributed by atoms with Crippen LogP contribution in [-0.4, -0.2) is 30.3 Å². The molecule has 0 aliphatic rings. The average molecular weight is 317 g/mol. The van der Waals surface area contributed by atoms with Crippen molar-refractivity contribution in [1.82, 2.24) is 10.2 Å². The zero-order valence-corrected chi connectivity index (χ0v) is 12.4. The van der Waals surface area contributed by atoms with Crippen molar-refractivity contribution in [2.45, 2.75) is 17.7 Å². The fourth-order valence-electron chi connectivity index (χ4n) is 1.31. The Labute approximate surface area is 118 Å². The molecule has 0 aromatic carbocycles. The number of nitrogens with one attached hydrogen (secondary N) is 1. The number of carbonyl (C=O) groups is 1. The number of sulfone groups is 1. The molecule has 9 heteroatoms. The van der Waals surface area contributed by atoms with Crippen LogP contribution in [0.15, 0.2) is 21.9 Å². The summed E-state index contributed by atoms with van der Waals surface area (Å²) in [4.78, 5) is 12.3. The molecule has 0 aliphatic carbocycles. The predicted octanol–water partition coefficient (Wildman–Crippen LogP) is 2.04. The summed E-state index contributed by atoms with van der Waals surface area (Å²) >= 11 is 2.16. The molecule has 19 heavy (non-hydrogen) atoms. The number of nitrogens with zero attached hydrogens (tertiary/aromatic N) is 2. The lowest BCUT2D eigenvalue weighted by atomic mass is 10.4. The predicted molar refractivity (Wildman–Crippen MR) is 74.5 cm³/mol. The molecule has 6 nitrogen and oxygen atoms in total. The summed E-state index contributed by atoms with van der Waals surface area (Å²) in [5.74, 6) is -0.286. The van der Waals surface area contributed by atoms with Crippen LogP contribution in [0, 0.1) is 0 Å². The Morgan fingerprint density at radius 1 is 1.42 bits per heavy atom. The summed E-state index contributed by atoms with van der Waals surface area (Å²) < 4.78 is 23.5. The first-order valence-corrected chi connectivity index (χ1v) is 8.79. The summed E-state index contributed by atoms with van der Waals surface area (Å²) in [5.41, 5.74) is 0. The largest absolute Gasteiger partial charge is 0.296 e. The molecule has 2 rings (SSSR count). The highest BCUT2D eigenvalue weighted by molar-refractivity contribution is 7.93. The van der Waals surface area contributed by atoms with Gasteiger partial charge in [-0.2, -0.15) is 0 Å². The Balaban J connectivity index is 2.12. The van der Waals surface area contributed by atoms with Crippen LogP contribution < -0.4 is 5.32 Å². The van der Waals surface area contributed by atoms with Gasteiger partial charge in [-0.3, -0.25) is 10.1 Å². The van der Waals surface area contributed by atoms with Gasteiger partial charge >= 0.3 is 0 Å². The van der Waals surface area contributed by atoms with Gasteiger partial charge in [-0.25, -0.2) is 8.42 Å². The molecule has 0 fully saturated rings. The summed E-state index contributed by atoms with van der Waals surface area (Å²) in [5, 5.41) is 11.8. The maximum atomic E-state index is 11.8. The van der Waals surface area contributed by atoms with E-state index >= 15 is 0 Å². The maximum absolute atomic E-state index is 11.8. The average Bonchev–Trinajstić information content (AvgIpc) is 2.99. The Bertz CT molecular complexity index is 661. The zero-order valence-electron chi connectivity index (χ0n) is 9.99. The van der Waals surface area contributed by atoms with E-state index in [1.165, 1.54) is 11.3 Å². The smallest absolute Gasteiger partial charge is 0.267 e. The fourth-order valence-corrected chi connectivity index (χ4v) is 4.27. The highest BCUT2D eigenvalue weighted by Crippen LogP contribution is 2.22. The van der Waals surface area contributed by atoms with Crippen LogP contribution in [-0.2, 0) is 9.84 Å². The number of amides is 1. The molecule has 2 aromatic heterocycles. The van der Waals surface area contributed by atoms with E-state index < -0.39 is 9.84 Å². The third-order valence-corrected chi connectivity index (χ3v) is 6.18. The molecule has 0 unspecified atom stereocenters. The van der Waals surface area contributed by atoms with Crippen molar-refractivity contribution < 1.29 is 13.2 Å². The van der Waals surface area contributed by atoms with Gasteiger partial charge in [0.15, 0.2) is 0 Å². The number of thiophene rings is 1. The van der Waals surface area contributed by atoms with E-state index in [0.717, 1.165) is 11.3 Å². The van der Waals surface area contributed by atoms with E-state index in [2.05, 4.69) is 15.5 Å². The minimum atomic E-state index is -3.38. The standard InChI is InChI=1S/C10H11N3O3S3/c1-2-6-19(15,16)10-13-12-9(18-10)11-8(14)7-4-3-5-17-7/h3-5H,2,6H2,1H3,(H,11,12,14). The number of hydrogen-bond donors (Lipinski definition) is 1. The first kappa shape index (κ1) is 14.1. The van der Waals surface area contributed by atoms with E-state index in [1.807, 2.05) is 0 Å². The maximum Gasteiger partial charge on any atom is 0.267 e. The second-order valence-corrected chi connectivity index (χ2v) is 7.83. The van der Waals surface area contributed by atoms with Crippen LogP contribution in [0.2, 0.25) is 0 Å². The second-order valence-electron chi connectivity index (χ2n) is 3.62. The number of rotatable bonds is 5. The number of anilines is 1. The first-order chi connectivity index (χ1) is 9.03. The summed E-state index contributed by atoms with van der Waals surface area (Å²) in [6, 6.07) is 3.44. The zero-order chi connectivity index (χ0) is 13.9. The van der Waals surface area contributed by atoms with Gasteiger partial charge in [-0.15, -0.1) is 21.5 Å². The van der Waals surface area contributed by atoms with Gasteiger partial charge in [0.05, 0.1) is 10.6 Å². The van der Waals surface area contributed by atoms with Crippen LogP contribution in [0.4, 0.5) is 5.13 Å². The second kappa shape index (κ2) is 5.76. The van der Waals surface area contributed by atoms with Crippen molar-refractivity contribution in [3.05, 3.63) is 22.4 Å². The van der Waals surface area contributed by atoms with E-state index in [9.17, 15) is 13.2 Å². The summed E-state index contributed by atoms with van der Waals surface area (Å²) in [7, 11) is -3.38. The molecule has 1 amide bonds. The number of carbonyl (C=O) groups excluding carboxylic acids is 1. The normalized spacial score (nSPS) is 11.4. The molecular formula is C10H11N3O3S3. The van der Waals surface area contributed by atoms with E-state index in [-0.39, 0.29) is 21.1 Å². The third kappa shape index (κ3) is 3.37. The van der Waals surface area contributed by atoms with Gasteiger partial charge in [0.25, 0.3) is 5.91 Å². The quantitative estimate of drug-likeness (QED) is 0.852. The van der Waals surface area contributed by atoms with Gasteiger partial charge in [0, 0.05) is 0 Å². The lowest BCUT2D eigenvalue weighted by Gasteiger charge is -1.97. The molecule has 0 spiro atoms. The van der Waals surface area contributed by atoms with Crippen molar-refractivity contribution in [2.24, 2.45) is 0 Å². The molecule has 2 heterocycles. The topological polar surface area (TPSA) is 89.0 Å². The van der Waals surface area contributed by atoms with Gasteiger partial charge in [0.1, 0.15) is 0 Å². The van der Waals surface area contributed by atoms with Crippen molar-refractivity contribution in [1.29, 1.82) is 0 Å². The number of aromatic nitrogens is 2. The number of hydrogen-bond acceptors (Lipinski definition) is 7. The highest BCUT2D eigenvalue weighted by Gasteiger charge is 2.20. The molecule has 0 aliphatic heterocycles. The van der Waals surface area contributed by atoms with Crippen LogP contribution in [0.3, 0.4) is 0 Å². The Morgan fingerprint density at radius 3 is 2.84 bits per heavy atom. The monoisotopic (exact) mass is 317 g/mol. The molecule has 0 radical (unpaired) electrons. The molecule has 2 aromatic rings. The lowest BCUT2D eigenvalue weighted by Crippen LogP contribution is -2.09. The van der Waals surface area contributed by atoms with Crippen LogP contribution >= 0.6 is 22.7 Å². The van der Waals surface area contributed by atoms with Gasteiger partial charge in [0.2, 0.25) is 19.3 Å². The Morgan fingerprint density at radius 2 is 2.21 bits per heavy atom.